The van der Waals surface area contributed by atoms with Gasteiger partial charge in [-0.05, 0) is 49.1 Å². The van der Waals surface area contributed by atoms with Crippen LogP contribution in [0.5, 0.6) is 11.5 Å². The highest BCUT2D eigenvalue weighted by Crippen LogP contribution is 2.34. The minimum Gasteiger partial charge on any atom is -0.497 e. The monoisotopic (exact) mass is 344 g/mol. The van der Waals surface area contributed by atoms with E-state index in [0.717, 1.165) is 17.4 Å². The third kappa shape index (κ3) is 7.14. The average molecular weight is 345 g/mol. The zero-order valence-electron chi connectivity index (χ0n) is 15.1. The Hall–Kier alpha value is -1.87. The molecule has 1 aliphatic heterocycles. The first-order chi connectivity index (χ1) is 11.6. The number of benzene rings is 2. The number of allylic oxidation sites excluding steroid dienone is 1. The SMILES string of the molecule is C=CC.COc1ccc2c(c1)SCC(C)C2.COc1ccccc1. The van der Waals surface area contributed by atoms with Crippen LogP contribution in [0.25, 0.3) is 0 Å². The van der Waals surface area contributed by atoms with E-state index in [4.69, 9.17) is 9.47 Å². The van der Waals surface area contributed by atoms with Gasteiger partial charge in [-0.1, -0.05) is 37.3 Å². The first-order valence-electron chi connectivity index (χ1n) is 8.10. The molecule has 1 atom stereocenters. The Kier molecular flexibility index (Phi) is 9.78. The van der Waals surface area contributed by atoms with Crippen molar-refractivity contribution in [1.82, 2.24) is 0 Å². The van der Waals surface area contributed by atoms with Crippen LogP contribution in [-0.4, -0.2) is 20.0 Å². The largest absolute Gasteiger partial charge is 0.497 e. The highest BCUT2D eigenvalue weighted by molar-refractivity contribution is 7.99. The van der Waals surface area contributed by atoms with Crippen molar-refractivity contribution >= 4 is 11.8 Å². The number of hydrogen-bond acceptors (Lipinski definition) is 3. The molecule has 1 aliphatic rings. The van der Waals surface area contributed by atoms with Crippen molar-refractivity contribution in [2.45, 2.75) is 25.2 Å². The first-order valence-corrected chi connectivity index (χ1v) is 9.08. The lowest BCUT2D eigenvalue weighted by Gasteiger charge is -2.21. The quantitative estimate of drug-likeness (QED) is 0.635. The second kappa shape index (κ2) is 11.6. The zero-order chi connectivity index (χ0) is 17.8. The van der Waals surface area contributed by atoms with Crippen LogP contribution in [0, 0.1) is 5.92 Å². The Morgan fingerprint density at radius 3 is 2.21 bits per heavy atom. The van der Waals surface area contributed by atoms with E-state index in [1.54, 1.807) is 20.3 Å². The fraction of sp³-hybridized carbons (Fsp3) is 0.333. The van der Waals surface area contributed by atoms with Gasteiger partial charge in [0.05, 0.1) is 14.2 Å². The molecule has 0 N–H and O–H groups in total. The number of rotatable bonds is 2. The van der Waals surface area contributed by atoms with E-state index in [9.17, 15) is 0 Å². The van der Waals surface area contributed by atoms with E-state index in [1.807, 2.05) is 49.0 Å². The number of fused-ring (bicyclic) bond motifs is 1. The first kappa shape index (κ1) is 20.2. The molecule has 0 bridgehead atoms. The van der Waals surface area contributed by atoms with Crippen LogP contribution in [0.1, 0.15) is 19.4 Å². The van der Waals surface area contributed by atoms with Crippen molar-refractivity contribution in [3.8, 4) is 11.5 Å². The van der Waals surface area contributed by atoms with Gasteiger partial charge in [-0.2, -0.15) is 0 Å². The lowest BCUT2D eigenvalue weighted by molar-refractivity contribution is 0.413. The molecule has 0 saturated heterocycles. The van der Waals surface area contributed by atoms with Gasteiger partial charge in [0.15, 0.2) is 0 Å². The molecule has 0 amide bonds. The predicted molar refractivity (Wildman–Crippen MR) is 105 cm³/mol. The molecule has 130 valence electrons. The van der Waals surface area contributed by atoms with E-state index in [0.29, 0.717) is 0 Å². The summed E-state index contributed by atoms with van der Waals surface area (Å²) in [5.74, 6) is 3.93. The second-order valence-electron chi connectivity index (χ2n) is 5.52. The lowest BCUT2D eigenvalue weighted by Crippen LogP contribution is -2.09. The third-order valence-electron chi connectivity index (χ3n) is 3.34. The maximum atomic E-state index is 5.19. The minimum absolute atomic E-state index is 0.811. The van der Waals surface area contributed by atoms with Gasteiger partial charge in [0.1, 0.15) is 11.5 Å². The number of thioether (sulfide) groups is 1. The van der Waals surface area contributed by atoms with Crippen molar-refractivity contribution in [2.24, 2.45) is 5.92 Å². The summed E-state index contributed by atoms with van der Waals surface area (Å²) in [5, 5.41) is 0. The van der Waals surface area contributed by atoms with Gasteiger partial charge in [-0.15, -0.1) is 18.3 Å². The van der Waals surface area contributed by atoms with Gasteiger partial charge in [0, 0.05) is 10.6 Å². The van der Waals surface area contributed by atoms with Crippen LogP contribution in [0.3, 0.4) is 0 Å². The molecule has 0 aliphatic carbocycles. The second-order valence-corrected chi connectivity index (χ2v) is 6.58. The van der Waals surface area contributed by atoms with Crippen molar-refractivity contribution < 1.29 is 9.47 Å². The standard InChI is InChI=1S/C11H14OS.C7H8O.C3H6/c1-8-5-9-3-4-10(12-2)6-11(9)13-7-8;1-8-7-5-3-2-4-6-7;1-3-2/h3-4,6,8H,5,7H2,1-2H3;2-6H,1H3;3H,1H2,2H3. The average Bonchev–Trinajstić information content (AvgIpc) is 2.63. The number of para-hydroxylation sites is 1. The topological polar surface area (TPSA) is 18.5 Å². The van der Waals surface area contributed by atoms with Crippen molar-refractivity contribution in [3.63, 3.8) is 0 Å². The van der Waals surface area contributed by atoms with Gasteiger partial charge in [-0.3, -0.25) is 0 Å². The summed E-state index contributed by atoms with van der Waals surface area (Å²) < 4.78 is 10.1. The molecule has 2 aromatic carbocycles. The van der Waals surface area contributed by atoms with Gasteiger partial charge >= 0.3 is 0 Å². The maximum Gasteiger partial charge on any atom is 0.119 e. The summed E-state index contributed by atoms with van der Waals surface area (Å²) in [6.45, 7) is 7.56. The van der Waals surface area contributed by atoms with Crippen LogP contribution in [0.4, 0.5) is 0 Å². The van der Waals surface area contributed by atoms with Gasteiger partial charge < -0.3 is 9.47 Å². The van der Waals surface area contributed by atoms with Crippen molar-refractivity contribution in [3.05, 3.63) is 66.7 Å². The Bertz CT molecular complexity index is 596. The number of ether oxygens (including phenoxy) is 2. The zero-order valence-corrected chi connectivity index (χ0v) is 15.9. The highest BCUT2D eigenvalue weighted by Gasteiger charge is 2.15. The Morgan fingerprint density at radius 1 is 1.04 bits per heavy atom. The molecule has 0 aromatic heterocycles. The van der Waals surface area contributed by atoms with E-state index in [1.165, 1.54) is 22.6 Å². The summed E-state index contributed by atoms with van der Waals surface area (Å²) in [7, 11) is 3.38. The van der Waals surface area contributed by atoms with Crippen LogP contribution >= 0.6 is 11.8 Å². The molecular formula is C21H28O2S. The molecule has 0 fully saturated rings. The van der Waals surface area contributed by atoms with Crippen LogP contribution in [-0.2, 0) is 6.42 Å². The summed E-state index contributed by atoms with van der Waals surface area (Å²) in [5.41, 5.74) is 1.48. The van der Waals surface area contributed by atoms with Gasteiger partial charge in [0.25, 0.3) is 0 Å². The van der Waals surface area contributed by atoms with Gasteiger partial charge in [0.2, 0.25) is 0 Å². The van der Waals surface area contributed by atoms with Crippen LogP contribution in [0.15, 0.2) is 66.1 Å². The van der Waals surface area contributed by atoms with Crippen LogP contribution in [0.2, 0.25) is 0 Å². The fourth-order valence-corrected chi connectivity index (χ4v) is 3.31. The molecular weight excluding hydrogens is 316 g/mol. The molecule has 3 heteroatoms. The Labute approximate surface area is 150 Å². The number of hydrogen-bond donors (Lipinski definition) is 0. The summed E-state index contributed by atoms with van der Waals surface area (Å²) in [4.78, 5) is 1.40. The molecule has 3 rings (SSSR count). The number of methoxy groups -OCH3 is 2. The Morgan fingerprint density at radius 2 is 1.67 bits per heavy atom. The molecule has 2 aromatic rings. The van der Waals surface area contributed by atoms with E-state index >= 15 is 0 Å². The lowest BCUT2D eigenvalue weighted by atomic mass is 10.0. The fourth-order valence-electron chi connectivity index (χ4n) is 2.19. The molecule has 2 nitrogen and oxygen atoms in total. The molecule has 1 heterocycles. The van der Waals surface area contributed by atoms with Crippen LogP contribution < -0.4 is 9.47 Å². The normalized spacial score (nSPS) is 14.8. The maximum absolute atomic E-state index is 5.19. The smallest absolute Gasteiger partial charge is 0.119 e. The van der Waals surface area contributed by atoms with E-state index < -0.39 is 0 Å². The van der Waals surface area contributed by atoms with E-state index in [-0.39, 0.29) is 0 Å². The summed E-state index contributed by atoms with van der Waals surface area (Å²) in [6.07, 6.45) is 2.96. The summed E-state index contributed by atoms with van der Waals surface area (Å²) >= 11 is 1.95. The van der Waals surface area contributed by atoms with E-state index in [2.05, 4.69) is 31.7 Å². The highest BCUT2D eigenvalue weighted by atomic mass is 32.2. The molecule has 0 spiro atoms. The molecule has 0 saturated carbocycles. The predicted octanol–water partition coefficient (Wildman–Crippen LogP) is 5.87. The van der Waals surface area contributed by atoms with Crippen molar-refractivity contribution in [2.75, 3.05) is 20.0 Å². The molecule has 24 heavy (non-hydrogen) atoms. The molecule has 1 unspecified atom stereocenters. The van der Waals surface area contributed by atoms with Gasteiger partial charge in [-0.25, -0.2) is 0 Å². The Balaban J connectivity index is 0.000000224. The minimum atomic E-state index is 0.811. The third-order valence-corrected chi connectivity index (χ3v) is 4.77. The summed E-state index contributed by atoms with van der Waals surface area (Å²) in [6, 6.07) is 16.1. The van der Waals surface area contributed by atoms with Crippen molar-refractivity contribution in [1.29, 1.82) is 0 Å². The molecule has 0 radical (unpaired) electrons.